The predicted molar refractivity (Wildman–Crippen MR) is 67.3 cm³/mol. The summed E-state index contributed by atoms with van der Waals surface area (Å²) in [6.07, 6.45) is 4.85. The number of carbonyl (C=O) groups is 1. The van der Waals surface area contributed by atoms with Gasteiger partial charge in [-0.25, -0.2) is 0 Å². The third-order valence-corrected chi connectivity index (χ3v) is 3.14. The summed E-state index contributed by atoms with van der Waals surface area (Å²) in [5.74, 6) is 0.476. The van der Waals surface area contributed by atoms with Crippen molar-refractivity contribution in [2.24, 2.45) is 11.8 Å². The number of hydrogen-bond donors (Lipinski definition) is 0. The molecule has 0 spiro atoms. The van der Waals surface area contributed by atoms with Gasteiger partial charge in [-0.05, 0) is 30.7 Å². The second kappa shape index (κ2) is 5.67. The first-order valence-electron chi connectivity index (χ1n) is 6.12. The SMILES string of the molecule is C=CC[C@@H](C(=O)OCc1ccccc1)C1CC1. The number of allylic oxidation sites excluding steroid dienone is 1. The molecule has 0 heterocycles. The van der Waals surface area contributed by atoms with Gasteiger partial charge in [0.15, 0.2) is 0 Å². The average Bonchev–Trinajstić information content (AvgIpc) is 3.18. The van der Waals surface area contributed by atoms with E-state index in [0.29, 0.717) is 12.5 Å². The first-order valence-corrected chi connectivity index (χ1v) is 6.12. The molecule has 1 saturated carbocycles. The summed E-state index contributed by atoms with van der Waals surface area (Å²) < 4.78 is 5.36. The molecule has 90 valence electrons. The Labute approximate surface area is 102 Å². The highest BCUT2D eigenvalue weighted by Crippen LogP contribution is 2.39. The predicted octanol–water partition coefficient (Wildman–Crippen LogP) is 3.33. The Bertz CT molecular complexity index is 379. The fourth-order valence-electron chi connectivity index (χ4n) is 2.00. The Morgan fingerprint density at radius 1 is 1.41 bits per heavy atom. The van der Waals surface area contributed by atoms with Crippen molar-refractivity contribution in [2.45, 2.75) is 25.9 Å². The molecule has 0 amide bonds. The molecular weight excluding hydrogens is 212 g/mol. The third-order valence-electron chi connectivity index (χ3n) is 3.14. The van der Waals surface area contributed by atoms with Gasteiger partial charge < -0.3 is 4.74 Å². The Hall–Kier alpha value is -1.57. The molecule has 0 saturated heterocycles. The van der Waals surface area contributed by atoms with Crippen LogP contribution in [0.3, 0.4) is 0 Å². The van der Waals surface area contributed by atoms with E-state index < -0.39 is 0 Å². The summed E-state index contributed by atoms with van der Waals surface area (Å²) in [4.78, 5) is 11.9. The van der Waals surface area contributed by atoms with Crippen molar-refractivity contribution >= 4 is 5.97 Å². The molecule has 1 fully saturated rings. The Morgan fingerprint density at radius 2 is 2.12 bits per heavy atom. The molecule has 2 heteroatoms. The highest BCUT2D eigenvalue weighted by atomic mass is 16.5. The van der Waals surface area contributed by atoms with Crippen molar-refractivity contribution in [1.82, 2.24) is 0 Å². The molecule has 0 unspecified atom stereocenters. The van der Waals surface area contributed by atoms with Crippen molar-refractivity contribution < 1.29 is 9.53 Å². The summed E-state index contributed by atoms with van der Waals surface area (Å²) in [6, 6.07) is 9.78. The lowest BCUT2D eigenvalue weighted by Crippen LogP contribution is -2.19. The fourth-order valence-corrected chi connectivity index (χ4v) is 2.00. The second-order valence-electron chi connectivity index (χ2n) is 4.56. The first-order chi connectivity index (χ1) is 8.31. The van der Waals surface area contributed by atoms with E-state index in [-0.39, 0.29) is 11.9 Å². The van der Waals surface area contributed by atoms with Crippen LogP contribution in [-0.2, 0) is 16.1 Å². The standard InChI is InChI=1S/C15H18O2/c1-2-6-14(13-9-10-13)15(16)17-11-12-7-4-3-5-8-12/h2-5,7-8,13-14H,1,6,9-11H2/t14-/m1/s1. The second-order valence-corrected chi connectivity index (χ2v) is 4.56. The van der Waals surface area contributed by atoms with E-state index in [1.54, 1.807) is 0 Å². The smallest absolute Gasteiger partial charge is 0.309 e. The van der Waals surface area contributed by atoms with Gasteiger partial charge in [-0.3, -0.25) is 4.79 Å². The lowest BCUT2D eigenvalue weighted by molar-refractivity contribution is -0.150. The fraction of sp³-hybridized carbons (Fsp3) is 0.400. The zero-order valence-electron chi connectivity index (χ0n) is 9.97. The van der Waals surface area contributed by atoms with Gasteiger partial charge in [-0.2, -0.15) is 0 Å². The normalized spacial score (nSPS) is 16.2. The van der Waals surface area contributed by atoms with Crippen molar-refractivity contribution in [3.63, 3.8) is 0 Å². The molecule has 0 aliphatic heterocycles. The molecule has 2 nitrogen and oxygen atoms in total. The maximum Gasteiger partial charge on any atom is 0.309 e. The summed E-state index contributed by atoms with van der Waals surface area (Å²) in [6.45, 7) is 4.08. The number of rotatable bonds is 6. The molecule has 1 aromatic rings. The first kappa shape index (κ1) is 11.9. The van der Waals surface area contributed by atoms with Crippen molar-refractivity contribution in [3.05, 3.63) is 48.6 Å². The van der Waals surface area contributed by atoms with E-state index in [9.17, 15) is 4.79 Å². The van der Waals surface area contributed by atoms with Crippen molar-refractivity contribution in [1.29, 1.82) is 0 Å². The maximum absolute atomic E-state index is 11.9. The summed E-state index contributed by atoms with van der Waals surface area (Å²) in [5, 5.41) is 0. The number of ether oxygens (including phenoxy) is 1. The minimum Gasteiger partial charge on any atom is -0.461 e. The minimum atomic E-state index is -0.0729. The van der Waals surface area contributed by atoms with Gasteiger partial charge in [-0.15, -0.1) is 6.58 Å². The van der Waals surface area contributed by atoms with Crippen molar-refractivity contribution in [2.75, 3.05) is 0 Å². The van der Waals surface area contributed by atoms with E-state index in [4.69, 9.17) is 4.74 Å². The van der Waals surface area contributed by atoms with Crippen LogP contribution in [0, 0.1) is 11.8 Å². The van der Waals surface area contributed by atoms with Crippen LogP contribution >= 0.6 is 0 Å². The molecule has 1 aliphatic carbocycles. The molecule has 1 atom stereocenters. The maximum atomic E-state index is 11.9. The highest BCUT2D eigenvalue weighted by molar-refractivity contribution is 5.73. The van der Waals surface area contributed by atoms with E-state index in [1.165, 1.54) is 0 Å². The Balaban J connectivity index is 1.85. The van der Waals surface area contributed by atoms with E-state index >= 15 is 0 Å². The zero-order valence-corrected chi connectivity index (χ0v) is 9.97. The van der Waals surface area contributed by atoms with Crippen LogP contribution in [0.4, 0.5) is 0 Å². The van der Waals surface area contributed by atoms with E-state index in [0.717, 1.165) is 24.8 Å². The molecule has 2 rings (SSSR count). The summed E-state index contributed by atoms with van der Waals surface area (Å²) in [7, 11) is 0. The topological polar surface area (TPSA) is 26.3 Å². The van der Waals surface area contributed by atoms with Crippen LogP contribution in [0.1, 0.15) is 24.8 Å². The third kappa shape index (κ3) is 3.45. The van der Waals surface area contributed by atoms with Crippen LogP contribution < -0.4 is 0 Å². The molecule has 0 N–H and O–H groups in total. The van der Waals surface area contributed by atoms with Gasteiger partial charge in [0.1, 0.15) is 6.61 Å². The van der Waals surface area contributed by atoms with Crippen LogP contribution in [-0.4, -0.2) is 5.97 Å². The molecule has 0 bridgehead atoms. The molecule has 0 radical (unpaired) electrons. The average molecular weight is 230 g/mol. The lowest BCUT2D eigenvalue weighted by atomic mass is 10.0. The summed E-state index contributed by atoms with van der Waals surface area (Å²) >= 11 is 0. The largest absolute Gasteiger partial charge is 0.461 e. The number of carbonyl (C=O) groups excluding carboxylic acids is 1. The minimum absolute atomic E-state index is 0.0243. The van der Waals surface area contributed by atoms with E-state index in [1.807, 2.05) is 36.4 Å². The van der Waals surface area contributed by atoms with Gasteiger partial charge in [-0.1, -0.05) is 36.4 Å². The number of benzene rings is 1. The van der Waals surface area contributed by atoms with Gasteiger partial charge in [0.2, 0.25) is 0 Å². The van der Waals surface area contributed by atoms with Gasteiger partial charge in [0, 0.05) is 0 Å². The molecular formula is C15H18O2. The number of esters is 1. The van der Waals surface area contributed by atoms with Gasteiger partial charge in [0.25, 0.3) is 0 Å². The lowest BCUT2D eigenvalue weighted by Gasteiger charge is -2.13. The highest BCUT2D eigenvalue weighted by Gasteiger charge is 2.36. The van der Waals surface area contributed by atoms with Crippen LogP contribution in [0.25, 0.3) is 0 Å². The van der Waals surface area contributed by atoms with Crippen molar-refractivity contribution in [3.8, 4) is 0 Å². The Kier molecular flexibility index (Phi) is 3.97. The molecule has 17 heavy (non-hydrogen) atoms. The van der Waals surface area contributed by atoms with Crippen LogP contribution in [0.5, 0.6) is 0 Å². The van der Waals surface area contributed by atoms with Gasteiger partial charge >= 0.3 is 5.97 Å². The number of hydrogen-bond acceptors (Lipinski definition) is 2. The van der Waals surface area contributed by atoms with Gasteiger partial charge in [0.05, 0.1) is 5.92 Å². The molecule has 1 aliphatic rings. The van der Waals surface area contributed by atoms with Crippen LogP contribution in [0.15, 0.2) is 43.0 Å². The Morgan fingerprint density at radius 3 is 2.71 bits per heavy atom. The monoisotopic (exact) mass is 230 g/mol. The molecule has 0 aromatic heterocycles. The van der Waals surface area contributed by atoms with Crippen LogP contribution in [0.2, 0.25) is 0 Å². The summed E-state index contributed by atoms with van der Waals surface area (Å²) in [5.41, 5.74) is 1.04. The zero-order chi connectivity index (χ0) is 12.1. The van der Waals surface area contributed by atoms with E-state index in [2.05, 4.69) is 6.58 Å². The quantitative estimate of drug-likeness (QED) is 0.553. The molecule has 1 aromatic carbocycles.